The third-order valence-corrected chi connectivity index (χ3v) is 3.84. The fourth-order valence-electron chi connectivity index (χ4n) is 2.56. The third-order valence-electron chi connectivity index (χ3n) is 3.84. The van der Waals surface area contributed by atoms with Gasteiger partial charge in [-0.1, -0.05) is 24.3 Å². The Balaban J connectivity index is 2.06. The van der Waals surface area contributed by atoms with E-state index in [0.717, 1.165) is 22.3 Å². The van der Waals surface area contributed by atoms with Crippen molar-refractivity contribution in [1.29, 1.82) is 0 Å². The second-order valence-corrected chi connectivity index (χ2v) is 5.45. The van der Waals surface area contributed by atoms with Crippen LogP contribution in [0.3, 0.4) is 0 Å². The number of hydrogen-bond donors (Lipinski definition) is 2. The second-order valence-electron chi connectivity index (χ2n) is 5.45. The van der Waals surface area contributed by atoms with Gasteiger partial charge in [-0.2, -0.15) is 5.10 Å². The molecule has 0 aliphatic heterocycles. The fourth-order valence-corrected chi connectivity index (χ4v) is 2.56. The van der Waals surface area contributed by atoms with Gasteiger partial charge in [0.05, 0.1) is 13.2 Å². The van der Waals surface area contributed by atoms with E-state index in [2.05, 4.69) is 15.2 Å². The SMILES string of the molecule is COc1ccc(-c2nc(-c3ccccc3C)n[nH]2)c(C(C)O)c1. The van der Waals surface area contributed by atoms with Crippen molar-refractivity contribution in [1.82, 2.24) is 15.2 Å². The molecule has 1 aromatic heterocycles. The molecule has 0 fully saturated rings. The van der Waals surface area contributed by atoms with Gasteiger partial charge in [0.15, 0.2) is 11.6 Å². The third kappa shape index (κ3) is 2.96. The van der Waals surface area contributed by atoms with Crippen LogP contribution in [0.15, 0.2) is 42.5 Å². The number of nitrogens with zero attached hydrogens (tertiary/aromatic N) is 2. The highest BCUT2D eigenvalue weighted by molar-refractivity contribution is 5.66. The highest BCUT2D eigenvalue weighted by Crippen LogP contribution is 2.31. The van der Waals surface area contributed by atoms with Gasteiger partial charge in [0.2, 0.25) is 0 Å². The first kappa shape index (κ1) is 15.2. The quantitative estimate of drug-likeness (QED) is 0.773. The van der Waals surface area contributed by atoms with Crippen molar-refractivity contribution < 1.29 is 9.84 Å². The summed E-state index contributed by atoms with van der Waals surface area (Å²) < 4.78 is 5.23. The molecule has 1 unspecified atom stereocenters. The molecule has 0 saturated carbocycles. The highest BCUT2D eigenvalue weighted by Gasteiger charge is 2.16. The van der Waals surface area contributed by atoms with Crippen molar-refractivity contribution in [2.45, 2.75) is 20.0 Å². The summed E-state index contributed by atoms with van der Waals surface area (Å²) in [5.74, 6) is 1.97. The summed E-state index contributed by atoms with van der Waals surface area (Å²) in [6.07, 6.45) is -0.632. The lowest BCUT2D eigenvalue weighted by Crippen LogP contribution is -1.97. The zero-order valence-corrected chi connectivity index (χ0v) is 13.4. The fraction of sp³-hybridized carbons (Fsp3) is 0.222. The van der Waals surface area contributed by atoms with Gasteiger partial charge in [0.1, 0.15) is 5.75 Å². The Bertz CT molecular complexity index is 825. The van der Waals surface area contributed by atoms with Crippen LogP contribution in [0.5, 0.6) is 5.75 Å². The van der Waals surface area contributed by atoms with Crippen LogP contribution in [0.25, 0.3) is 22.8 Å². The summed E-state index contributed by atoms with van der Waals surface area (Å²) in [5.41, 5.74) is 3.66. The average Bonchev–Trinajstić information content (AvgIpc) is 3.04. The van der Waals surface area contributed by atoms with E-state index in [1.165, 1.54) is 0 Å². The van der Waals surface area contributed by atoms with Crippen molar-refractivity contribution in [3.8, 4) is 28.5 Å². The Morgan fingerprint density at radius 1 is 1.13 bits per heavy atom. The number of aliphatic hydroxyl groups excluding tert-OH is 1. The number of nitrogens with one attached hydrogen (secondary N) is 1. The molecule has 5 heteroatoms. The maximum absolute atomic E-state index is 10.0. The molecule has 2 N–H and O–H groups in total. The Hall–Kier alpha value is -2.66. The second kappa shape index (κ2) is 6.22. The van der Waals surface area contributed by atoms with Gasteiger partial charge in [0.25, 0.3) is 0 Å². The van der Waals surface area contributed by atoms with Crippen molar-refractivity contribution >= 4 is 0 Å². The van der Waals surface area contributed by atoms with E-state index in [9.17, 15) is 5.11 Å². The zero-order chi connectivity index (χ0) is 16.4. The number of aromatic amines is 1. The number of aliphatic hydroxyl groups is 1. The molecular weight excluding hydrogens is 290 g/mol. The molecule has 0 aliphatic carbocycles. The molecule has 23 heavy (non-hydrogen) atoms. The van der Waals surface area contributed by atoms with Crippen molar-refractivity contribution in [3.63, 3.8) is 0 Å². The highest BCUT2D eigenvalue weighted by atomic mass is 16.5. The monoisotopic (exact) mass is 309 g/mol. The maximum Gasteiger partial charge on any atom is 0.181 e. The van der Waals surface area contributed by atoms with Crippen LogP contribution in [0.4, 0.5) is 0 Å². The van der Waals surface area contributed by atoms with Gasteiger partial charge in [0, 0.05) is 11.1 Å². The number of ether oxygens (including phenoxy) is 1. The summed E-state index contributed by atoms with van der Waals surface area (Å²) in [7, 11) is 1.60. The summed E-state index contributed by atoms with van der Waals surface area (Å²) in [6.45, 7) is 3.75. The van der Waals surface area contributed by atoms with Crippen LogP contribution in [0.1, 0.15) is 24.2 Å². The molecule has 5 nitrogen and oxygen atoms in total. The minimum atomic E-state index is -0.632. The molecule has 1 heterocycles. The Kier molecular flexibility index (Phi) is 4.12. The molecule has 3 aromatic rings. The molecule has 0 aliphatic rings. The van der Waals surface area contributed by atoms with Gasteiger partial charge < -0.3 is 9.84 Å². The molecule has 118 valence electrons. The number of methoxy groups -OCH3 is 1. The van der Waals surface area contributed by atoms with E-state index in [4.69, 9.17) is 4.74 Å². The summed E-state index contributed by atoms with van der Waals surface area (Å²) in [4.78, 5) is 4.59. The lowest BCUT2D eigenvalue weighted by atomic mass is 10.0. The smallest absolute Gasteiger partial charge is 0.181 e. The van der Waals surface area contributed by atoms with Crippen molar-refractivity contribution in [2.24, 2.45) is 0 Å². The number of aromatic nitrogens is 3. The van der Waals surface area contributed by atoms with E-state index in [1.54, 1.807) is 14.0 Å². The predicted octanol–water partition coefficient (Wildman–Crippen LogP) is 3.51. The maximum atomic E-state index is 10.0. The molecule has 0 radical (unpaired) electrons. The van der Waals surface area contributed by atoms with Crippen LogP contribution < -0.4 is 4.74 Å². The Morgan fingerprint density at radius 2 is 1.91 bits per heavy atom. The normalized spacial score (nSPS) is 12.2. The van der Waals surface area contributed by atoms with Gasteiger partial charge in [-0.15, -0.1) is 0 Å². The first-order valence-electron chi connectivity index (χ1n) is 7.45. The van der Waals surface area contributed by atoms with Gasteiger partial charge in [-0.05, 0) is 43.2 Å². The van der Waals surface area contributed by atoms with Crippen LogP contribution in [0, 0.1) is 6.92 Å². The largest absolute Gasteiger partial charge is 0.497 e. The molecule has 2 aromatic carbocycles. The van der Waals surface area contributed by atoms with Gasteiger partial charge in [-0.25, -0.2) is 4.98 Å². The van der Waals surface area contributed by atoms with E-state index in [0.29, 0.717) is 17.4 Å². The standard InChI is InChI=1S/C18H19N3O2/c1-11-6-4-5-7-14(11)17-19-18(21-20-17)15-9-8-13(23-3)10-16(15)12(2)22/h4-10,12,22H,1-3H3,(H,19,20,21). The average molecular weight is 309 g/mol. The number of benzene rings is 2. The summed E-state index contributed by atoms with van der Waals surface area (Å²) in [5, 5.41) is 17.3. The lowest BCUT2D eigenvalue weighted by molar-refractivity contribution is 0.199. The van der Waals surface area contributed by atoms with E-state index < -0.39 is 6.10 Å². The molecular formula is C18H19N3O2. The van der Waals surface area contributed by atoms with Crippen LogP contribution >= 0.6 is 0 Å². The molecule has 0 spiro atoms. The lowest BCUT2D eigenvalue weighted by Gasteiger charge is -2.11. The van der Waals surface area contributed by atoms with Gasteiger partial charge in [-0.3, -0.25) is 5.10 Å². The summed E-state index contributed by atoms with van der Waals surface area (Å²) in [6, 6.07) is 13.5. The number of H-pyrrole nitrogens is 1. The summed E-state index contributed by atoms with van der Waals surface area (Å²) >= 11 is 0. The topological polar surface area (TPSA) is 71.0 Å². The first-order valence-corrected chi connectivity index (χ1v) is 7.45. The van der Waals surface area contributed by atoms with E-state index >= 15 is 0 Å². The number of aryl methyl sites for hydroxylation is 1. The minimum absolute atomic E-state index is 0.627. The molecule has 0 bridgehead atoms. The van der Waals surface area contributed by atoms with Crippen LogP contribution in [0.2, 0.25) is 0 Å². The molecule has 0 amide bonds. The molecule has 3 rings (SSSR count). The molecule has 1 atom stereocenters. The van der Waals surface area contributed by atoms with Crippen LogP contribution in [-0.4, -0.2) is 27.4 Å². The predicted molar refractivity (Wildman–Crippen MR) is 89.2 cm³/mol. The Labute approximate surface area is 135 Å². The van der Waals surface area contributed by atoms with Crippen molar-refractivity contribution in [3.05, 3.63) is 53.6 Å². The number of hydrogen-bond acceptors (Lipinski definition) is 4. The zero-order valence-electron chi connectivity index (χ0n) is 13.4. The van der Waals surface area contributed by atoms with Crippen LogP contribution in [-0.2, 0) is 0 Å². The van der Waals surface area contributed by atoms with Crippen molar-refractivity contribution in [2.75, 3.05) is 7.11 Å². The number of rotatable bonds is 4. The van der Waals surface area contributed by atoms with Gasteiger partial charge >= 0.3 is 0 Å². The minimum Gasteiger partial charge on any atom is -0.497 e. The Morgan fingerprint density at radius 3 is 2.61 bits per heavy atom. The molecule has 0 saturated heterocycles. The van der Waals surface area contributed by atoms with E-state index in [1.807, 2.05) is 49.4 Å². The first-order chi connectivity index (χ1) is 11.1. The van der Waals surface area contributed by atoms with E-state index in [-0.39, 0.29) is 0 Å².